The molecule has 2 aromatic carbocycles. The molecule has 3 rings (SSSR count). The number of carbonyl (C=O) groups is 2. The standard InChI is InChI=1S/C21H24ClN3O2/c1-15-6-5-9-19(16(15)2)23-20(26)14-24-10-12-25(13-11-24)21(27)17-7-3-4-8-18(17)22/h3-9H,10-14H2,1-2H3,(H,23,26). The molecule has 0 aliphatic carbocycles. The van der Waals surface area contributed by atoms with Crippen molar-refractivity contribution in [1.82, 2.24) is 9.80 Å². The van der Waals surface area contributed by atoms with Gasteiger partial charge in [0.2, 0.25) is 5.91 Å². The number of benzene rings is 2. The first-order chi connectivity index (χ1) is 13.0. The van der Waals surface area contributed by atoms with Crippen LogP contribution in [0, 0.1) is 13.8 Å². The van der Waals surface area contributed by atoms with E-state index in [1.54, 1.807) is 17.0 Å². The van der Waals surface area contributed by atoms with Crippen molar-refractivity contribution in [2.75, 3.05) is 38.0 Å². The van der Waals surface area contributed by atoms with Gasteiger partial charge < -0.3 is 10.2 Å². The van der Waals surface area contributed by atoms with Crippen LogP contribution < -0.4 is 5.32 Å². The summed E-state index contributed by atoms with van der Waals surface area (Å²) in [5, 5.41) is 3.46. The van der Waals surface area contributed by atoms with Crippen LogP contribution in [-0.4, -0.2) is 54.3 Å². The number of nitrogens with one attached hydrogen (secondary N) is 1. The smallest absolute Gasteiger partial charge is 0.255 e. The number of halogens is 1. The van der Waals surface area contributed by atoms with E-state index < -0.39 is 0 Å². The van der Waals surface area contributed by atoms with Gasteiger partial charge in [-0.2, -0.15) is 0 Å². The lowest BCUT2D eigenvalue weighted by molar-refractivity contribution is -0.117. The molecule has 142 valence electrons. The van der Waals surface area contributed by atoms with E-state index >= 15 is 0 Å². The number of aryl methyl sites for hydroxylation is 1. The molecular weight excluding hydrogens is 362 g/mol. The minimum Gasteiger partial charge on any atom is -0.336 e. The van der Waals surface area contributed by atoms with Crippen molar-refractivity contribution in [1.29, 1.82) is 0 Å². The van der Waals surface area contributed by atoms with Gasteiger partial charge in [-0.15, -0.1) is 0 Å². The van der Waals surface area contributed by atoms with Crippen molar-refractivity contribution in [3.63, 3.8) is 0 Å². The van der Waals surface area contributed by atoms with Gasteiger partial charge >= 0.3 is 0 Å². The van der Waals surface area contributed by atoms with Gasteiger partial charge in [0.25, 0.3) is 5.91 Å². The monoisotopic (exact) mass is 385 g/mol. The molecule has 0 radical (unpaired) electrons. The van der Waals surface area contributed by atoms with Crippen LogP contribution in [-0.2, 0) is 4.79 Å². The van der Waals surface area contributed by atoms with Gasteiger partial charge in [-0.1, -0.05) is 35.9 Å². The molecule has 2 aromatic rings. The van der Waals surface area contributed by atoms with Crippen LogP contribution >= 0.6 is 11.6 Å². The fourth-order valence-corrected chi connectivity index (χ4v) is 3.41. The number of nitrogens with zero attached hydrogens (tertiary/aromatic N) is 2. The molecule has 0 atom stereocenters. The SMILES string of the molecule is Cc1cccc(NC(=O)CN2CCN(C(=O)c3ccccc3Cl)CC2)c1C. The molecule has 6 heteroatoms. The Hall–Kier alpha value is -2.37. The molecule has 0 bridgehead atoms. The Morgan fingerprint density at radius 2 is 1.70 bits per heavy atom. The summed E-state index contributed by atoms with van der Waals surface area (Å²) >= 11 is 6.13. The Balaban J connectivity index is 1.52. The highest BCUT2D eigenvalue weighted by atomic mass is 35.5. The molecule has 0 spiro atoms. The summed E-state index contributed by atoms with van der Waals surface area (Å²) in [4.78, 5) is 28.8. The summed E-state index contributed by atoms with van der Waals surface area (Å²) in [5.74, 6) is -0.0883. The van der Waals surface area contributed by atoms with Gasteiger partial charge in [0, 0.05) is 31.9 Å². The number of carbonyl (C=O) groups excluding carboxylic acids is 2. The zero-order valence-corrected chi connectivity index (χ0v) is 16.4. The van der Waals surface area contributed by atoms with Gasteiger partial charge in [-0.25, -0.2) is 0 Å². The highest BCUT2D eigenvalue weighted by Gasteiger charge is 2.24. The van der Waals surface area contributed by atoms with Crippen LogP contribution in [0.3, 0.4) is 0 Å². The zero-order chi connectivity index (χ0) is 19.4. The molecule has 27 heavy (non-hydrogen) atoms. The Labute approximate surface area is 164 Å². The fourth-order valence-electron chi connectivity index (χ4n) is 3.19. The normalized spacial score (nSPS) is 14.9. The van der Waals surface area contributed by atoms with Crippen LogP contribution in [0.1, 0.15) is 21.5 Å². The van der Waals surface area contributed by atoms with Crippen LogP contribution in [0.2, 0.25) is 5.02 Å². The maximum Gasteiger partial charge on any atom is 0.255 e. The third kappa shape index (κ3) is 4.67. The maximum atomic E-state index is 12.6. The third-order valence-electron chi connectivity index (χ3n) is 5.01. The Morgan fingerprint density at radius 3 is 2.41 bits per heavy atom. The number of hydrogen-bond donors (Lipinski definition) is 1. The highest BCUT2D eigenvalue weighted by Crippen LogP contribution is 2.19. The van der Waals surface area contributed by atoms with Crippen LogP contribution in [0.25, 0.3) is 0 Å². The summed E-state index contributed by atoms with van der Waals surface area (Å²) in [6.07, 6.45) is 0. The lowest BCUT2D eigenvalue weighted by Crippen LogP contribution is -2.50. The summed E-state index contributed by atoms with van der Waals surface area (Å²) < 4.78 is 0. The molecule has 0 unspecified atom stereocenters. The van der Waals surface area contributed by atoms with Gasteiger partial charge in [0.15, 0.2) is 0 Å². The van der Waals surface area contributed by atoms with Gasteiger partial charge in [0.1, 0.15) is 0 Å². The van der Waals surface area contributed by atoms with E-state index in [1.165, 1.54) is 0 Å². The van der Waals surface area contributed by atoms with E-state index in [1.807, 2.05) is 44.2 Å². The highest BCUT2D eigenvalue weighted by molar-refractivity contribution is 6.33. The fraction of sp³-hybridized carbons (Fsp3) is 0.333. The number of rotatable bonds is 4. The van der Waals surface area contributed by atoms with Crippen LogP contribution in [0.5, 0.6) is 0 Å². The lowest BCUT2D eigenvalue weighted by Gasteiger charge is -2.34. The predicted octanol–water partition coefficient (Wildman–Crippen LogP) is 3.35. The van der Waals surface area contributed by atoms with Crippen molar-refractivity contribution in [3.8, 4) is 0 Å². The van der Waals surface area contributed by atoms with Gasteiger partial charge in [-0.05, 0) is 43.2 Å². The van der Waals surface area contributed by atoms with Crippen molar-refractivity contribution < 1.29 is 9.59 Å². The Morgan fingerprint density at radius 1 is 1.00 bits per heavy atom. The molecule has 1 N–H and O–H groups in total. The van der Waals surface area contributed by atoms with Crippen molar-refractivity contribution >= 4 is 29.1 Å². The maximum absolute atomic E-state index is 12.6. The van der Waals surface area contributed by atoms with Gasteiger partial charge in [0.05, 0.1) is 17.1 Å². The molecule has 1 aliphatic heterocycles. The van der Waals surface area contributed by atoms with Crippen LogP contribution in [0.4, 0.5) is 5.69 Å². The summed E-state index contributed by atoms with van der Waals surface area (Å²) in [6.45, 7) is 6.85. The van der Waals surface area contributed by atoms with E-state index in [-0.39, 0.29) is 11.8 Å². The van der Waals surface area contributed by atoms with E-state index in [0.717, 1.165) is 16.8 Å². The number of hydrogen-bond acceptors (Lipinski definition) is 3. The second-order valence-corrected chi connectivity index (χ2v) is 7.25. The molecule has 1 fully saturated rings. The minimum absolute atomic E-state index is 0.0328. The van der Waals surface area contributed by atoms with E-state index in [4.69, 9.17) is 11.6 Å². The summed E-state index contributed by atoms with van der Waals surface area (Å²) in [6, 6.07) is 13.0. The number of anilines is 1. The van der Waals surface area contributed by atoms with E-state index in [2.05, 4.69) is 10.2 Å². The largest absolute Gasteiger partial charge is 0.336 e. The average molecular weight is 386 g/mol. The Bertz CT molecular complexity index is 845. The molecular formula is C21H24ClN3O2. The van der Waals surface area contributed by atoms with E-state index in [0.29, 0.717) is 43.3 Å². The molecule has 2 amide bonds. The average Bonchev–Trinajstić information content (AvgIpc) is 2.66. The number of amides is 2. The first-order valence-electron chi connectivity index (χ1n) is 9.08. The predicted molar refractivity (Wildman–Crippen MR) is 108 cm³/mol. The topological polar surface area (TPSA) is 52.7 Å². The van der Waals surface area contributed by atoms with Gasteiger partial charge in [-0.3, -0.25) is 14.5 Å². The first kappa shape index (κ1) is 19.4. The molecule has 5 nitrogen and oxygen atoms in total. The summed E-state index contributed by atoms with van der Waals surface area (Å²) in [5.41, 5.74) is 3.62. The lowest BCUT2D eigenvalue weighted by atomic mass is 10.1. The van der Waals surface area contributed by atoms with Crippen molar-refractivity contribution in [2.45, 2.75) is 13.8 Å². The molecule has 1 aliphatic rings. The van der Waals surface area contributed by atoms with Crippen molar-refractivity contribution in [2.24, 2.45) is 0 Å². The van der Waals surface area contributed by atoms with Crippen molar-refractivity contribution in [3.05, 3.63) is 64.2 Å². The zero-order valence-electron chi connectivity index (χ0n) is 15.7. The second-order valence-electron chi connectivity index (χ2n) is 6.84. The molecule has 0 saturated carbocycles. The second kappa shape index (κ2) is 8.55. The molecule has 1 saturated heterocycles. The first-order valence-corrected chi connectivity index (χ1v) is 9.45. The molecule has 0 aromatic heterocycles. The minimum atomic E-state index is -0.0555. The molecule has 1 heterocycles. The Kier molecular flexibility index (Phi) is 6.14. The van der Waals surface area contributed by atoms with E-state index in [9.17, 15) is 9.59 Å². The number of piperazine rings is 1. The third-order valence-corrected chi connectivity index (χ3v) is 5.34. The summed E-state index contributed by atoms with van der Waals surface area (Å²) in [7, 11) is 0. The quantitative estimate of drug-likeness (QED) is 0.878. The van der Waals surface area contributed by atoms with Crippen LogP contribution in [0.15, 0.2) is 42.5 Å².